The summed E-state index contributed by atoms with van der Waals surface area (Å²) >= 11 is 0. The van der Waals surface area contributed by atoms with Crippen molar-refractivity contribution in [1.29, 1.82) is 0 Å². The highest BCUT2D eigenvalue weighted by molar-refractivity contribution is 5.95. The van der Waals surface area contributed by atoms with Gasteiger partial charge in [-0.25, -0.2) is 4.39 Å². The number of carbonyl (C=O) groups is 2. The number of benzene rings is 1. The number of hydrogen-bond acceptors (Lipinski definition) is 3. The summed E-state index contributed by atoms with van der Waals surface area (Å²) in [6.07, 6.45) is 2.11. The zero-order chi connectivity index (χ0) is 18.0. The molecule has 1 aromatic carbocycles. The lowest BCUT2D eigenvalue weighted by molar-refractivity contribution is -0.139. The molecule has 2 saturated heterocycles. The largest absolute Gasteiger partial charge is 0.361 e. The van der Waals surface area contributed by atoms with Crippen LogP contribution in [0.15, 0.2) is 24.3 Å². The van der Waals surface area contributed by atoms with Gasteiger partial charge < -0.3 is 14.5 Å². The zero-order valence-electron chi connectivity index (χ0n) is 14.8. The van der Waals surface area contributed by atoms with Crippen LogP contribution in [0, 0.1) is 11.7 Å². The Bertz CT molecular complexity index is 664. The SMILES string of the molecule is CC(C)CCC(=O)N1CCC2(C1)CN(c1cccc(F)c1)C(=O)CO2. The molecule has 0 saturated carbocycles. The molecule has 5 nitrogen and oxygen atoms in total. The van der Waals surface area contributed by atoms with Gasteiger partial charge in [-0.05, 0) is 37.0 Å². The fourth-order valence-electron chi connectivity index (χ4n) is 3.47. The minimum atomic E-state index is -0.548. The van der Waals surface area contributed by atoms with Crippen molar-refractivity contribution in [3.63, 3.8) is 0 Å². The van der Waals surface area contributed by atoms with Crippen LogP contribution >= 0.6 is 0 Å². The van der Waals surface area contributed by atoms with Crippen molar-refractivity contribution in [2.75, 3.05) is 31.1 Å². The van der Waals surface area contributed by atoms with Gasteiger partial charge in [0.25, 0.3) is 5.91 Å². The number of ether oxygens (including phenoxy) is 1. The van der Waals surface area contributed by atoms with E-state index in [-0.39, 0.29) is 24.2 Å². The van der Waals surface area contributed by atoms with Crippen LogP contribution < -0.4 is 4.90 Å². The molecule has 2 heterocycles. The monoisotopic (exact) mass is 348 g/mol. The van der Waals surface area contributed by atoms with E-state index in [2.05, 4.69) is 13.8 Å². The lowest BCUT2D eigenvalue weighted by Gasteiger charge is -2.40. The molecule has 0 radical (unpaired) electrons. The predicted molar refractivity (Wildman–Crippen MR) is 92.7 cm³/mol. The normalized spacial score (nSPS) is 23.8. The van der Waals surface area contributed by atoms with Crippen LogP contribution in [0.3, 0.4) is 0 Å². The third kappa shape index (κ3) is 4.00. The first-order valence-corrected chi connectivity index (χ1v) is 8.86. The van der Waals surface area contributed by atoms with E-state index >= 15 is 0 Å². The summed E-state index contributed by atoms with van der Waals surface area (Å²) in [6, 6.07) is 6.03. The first-order valence-electron chi connectivity index (χ1n) is 8.86. The Morgan fingerprint density at radius 2 is 2.16 bits per heavy atom. The lowest BCUT2D eigenvalue weighted by Crippen LogP contribution is -2.56. The van der Waals surface area contributed by atoms with Gasteiger partial charge in [0.2, 0.25) is 5.91 Å². The smallest absolute Gasteiger partial charge is 0.253 e. The highest BCUT2D eigenvalue weighted by Gasteiger charge is 2.46. The number of morpholine rings is 1. The molecule has 0 bridgehead atoms. The first-order chi connectivity index (χ1) is 11.9. The molecule has 2 fully saturated rings. The standard InChI is InChI=1S/C19H25FN2O3/c1-14(2)6-7-17(23)21-9-8-19(12-21)13-22(18(24)11-25-19)16-5-3-4-15(20)10-16/h3-5,10,14H,6-9,11-13H2,1-2H3. The Hall–Kier alpha value is -1.95. The number of amides is 2. The van der Waals surface area contributed by atoms with Gasteiger partial charge in [0, 0.05) is 18.7 Å². The molecule has 6 heteroatoms. The minimum Gasteiger partial charge on any atom is -0.361 e. The molecule has 1 aromatic rings. The van der Waals surface area contributed by atoms with Crippen LogP contribution in [0.2, 0.25) is 0 Å². The van der Waals surface area contributed by atoms with E-state index in [4.69, 9.17) is 4.74 Å². The van der Waals surface area contributed by atoms with Gasteiger partial charge >= 0.3 is 0 Å². The summed E-state index contributed by atoms with van der Waals surface area (Å²) in [5.41, 5.74) is -0.00877. The van der Waals surface area contributed by atoms with E-state index in [0.29, 0.717) is 44.1 Å². The van der Waals surface area contributed by atoms with E-state index < -0.39 is 5.60 Å². The van der Waals surface area contributed by atoms with Gasteiger partial charge in [0.1, 0.15) is 18.0 Å². The summed E-state index contributed by atoms with van der Waals surface area (Å²) in [7, 11) is 0. The number of hydrogen-bond donors (Lipinski definition) is 0. The summed E-state index contributed by atoms with van der Waals surface area (Å²) in [4.78, 5) is 28.0. The molecular weight excluding hydrogens is 323 g/mol. The van der Waals surface area contributed by atoms with Crippen molar-refractivity contribution in [3.8, 4) is 0 Å². The molecule has 0 aliphatic carbocycles. The fourth-order valence-corrected chi connectivity index (χ4v) is 3.47. The Morgan fingerprint density at radius 3 is 2.88 bits per heavy atom. The summed E-state index contributed by atoms with van der Waals surface area (Å²) in [6.45, 7) is 5.65. The number of anilines is 1. The van der Waals surface area contributed by atoms with Crippen molar-refractivity contribution < 1.29 is 18.7 Å². The summed E-state index contributed by atoms with van der Waals surface area (Å²) < 4.78 is 19.4. The van der Waals surface area contributed by atoms with Crippen LogP contribution in [-0.2, 0) is 14.3 Å². The first kappa shape index (κ1) is 17.9. The number of likely N-dealkylation sites (tertiary alicyclic amines) is 1. The lowest BCUT2D eigenvalue weighted by atomic mass is 10.00. The van der Waals surface area contributed by atoms with Crippen molar-refractivity contribution in [3.05, 3.63) is 30.1 Å². The van der Waals surface area contributed by atoms with E-state index in [0.717, 1.165) is 6.42 Å². The van der Waals surface area contributed by atoms with E-state index in [1.165, 1.54) is 12.1 Å². The number of rotatable bonds is 4. The van der Waals surface area contributed by atoms with Gasteiger partial charge in [-0.15, -0.1) is 0 Å². The summed E-state index contributed by atoms with van der Waals surface area (Å²) in [5.74, 6) is 0.0828. The average Bonchev–Trinajstić information content (AvgIpc) is 2.99. The van der Waals surface area contributed by atoms with Crippen molar-refractivity contribution >= 4 is 17.5 Å². The Labute approximate surface area is 147 Å². The summed E-state index contributed by atoms with van der Waals surface area (Å²) in [5, 5.41) is 0. The molecule has 1 unspecified atom stereocenters. The molecule has 0 N–H and O–H groups in total. The van der Waals surface area contributed by atoms with Crippen molar-refractivity contribution in [2.24, 2.45) is 5.92 Å². The maximum Gasteiger partial charge on any atom is 0.253 e. The molecule has 2 amide bonds. The van der Waals surface area contributed by atoms with Gasteiger partial charge in [0.05, 0.1) is 13.1 Å². The maximum absolute atomic E-state index is 13.5. The Morgan fingerprint density at radius 1 is 1.36 bits per heavy atom. The van der Waals surface area contributed by atoms with Gasteiger partial charge in [-0.1, -0.05) is 19.9 Å². The fraction of sp³-hybridized carbons (Fsp3) is 0.579. The van der Waals surface area contributed by atoms with E-state index in [9.17, 15) is 14.0 Å². The topological polar surface area (TPSA) is 49.9 Å². The molecule has 2 aliphatic rings. The third-order valence-electron chi connectivity index (χ3n) is 4.97. The Kier molecular flexibility index (Phi) is 5.08. The number of halogens is 1. The van der Waals surface area contributed by atoms with Crippen LogP contribution in [0.1, 0.15) is 33.1 Å². The highest BCUT2D eigenvalue weighted by Crippen LogP contribution is 2.32. The molecule has 25 heavy (non-hydrogen) atoms. The minimum absolute atomic E-state index is 0.0372. The van der Waals surface area contributed by atoms with E-state index in [1.807, 2.05) is 4.90 Å². The van der Waals surface area contributed by atoms with Gasteiger partial charge in [-0.2, -0.15) is 0 Å². The van der Waals surface area contributed by atoms with Crippen LogP contribution in [0.4, 0.5) is 10.1 Å². The second-order valence-corrected chi connectivity index (χ2v) is 7.43. The molecule has 0 aromatic heterocycles. The quantitative estimate of drug-likeness (QED) is 0.840. The molecule has 2 aliphatic heterocycles. The van der Waals surface area contributed by atoms with Gasteiger partial charge in [0.15, 0.2) is 0 Å². The van der Waals surface area contributed by atoms with Crippen molar-refractivity contribution in [1.82, 2.24) is 4.90 Å². The average molecular weight is 348 g/mol. The molecule has 136 valence electrons. The second-order valence-electron chi connectivity index (χ2n) is 7.43. The van der Waals surface area contributed by atoms with Crippen LogP contribution in [-0.4, -0.2) is 48.6 Å². The molecule has 3 rings (SSSR count). The molecule has 1 spiro atoms. The van der Waals surface area contributed by atoms with Crippen LogP contribution in [0.5, 0.6) is 0 Å². The number of nitrogens with zero attached hydrogens (tertiary/aromatic N) is 2. The van der Waals surface area contributed by atoms with Crippen molar-refractivity contribution in [2.45, 2.75) is 38.7 Å². The Balaban J connectivity index is 1.69. The second kappa shape index (κ2) is 7.12. The predicted octanol–water partition coefficient (Wildman–Crippen LogP) is 2.60. The third-order valence-corrected chi connectivity index (χ3v) is 4.97. The van der Waals surface area contributed by atoms with Gasteiger partial charge in [-0.3, -0.25) is 9.59 Å². The molecular formula is C19H25FN2O3. The highest BCUT2D eigenvalue weighted by atomic mass is 19.1. The van der Waals surface area contributed by atoms with Crippen LogP contribution in [0.25, 0.3) is 0 Å². The molecule has 1 atom stereocenters. The van der Waals surface area contributed by atoms with E-state index in [1.54, 1.807) is 17.0 Å². The zero-order valence-corrected chi connectivity index (χ0v) is 14.8. The maximum atomic E-state index is 13.5. The number of carbonyl (C=O) groups excluding carboxylic acids is 2.